The maximum absolute atomic E-state index is 13.4. The molecule has 0 bridgehead atoms. The zero-order valence-electron chi connectivity index (χ0n) is 36.9. The highest BCUT2D eigenvalue weighted by molar-refractivity contribution is 6.06. The minimum atomic E-state index is -0.637. The van der Waals surface area contributed by atoms with Crippen LogP contribution in [0.25, 0.3) is 6.08 Å². The Morgan fingerprint density at radius 3 is 2.42 bits per heavy atom. The van der Waals surface area contributed by atoms with Gasteiger partial charge in [-0.1, -0.05) is 31.0 Å². The number of likely N-dealkylation sites (tertiary alicyclic amines) is 1. The van der Waals surface area contributed by atoms with Crippen molar-refractivity contribution in [1.82, 2.24) is 45.4 Å². The Hall–Kier alpha value is -5.74. The number of carbonyl (C=O) groups is 5. The molecule has 0 aliphatic carbocycles. The van der Waals surface area contributed by atoms with Gasteiger partial charge in [0.2, 0.25) is 17.7 Å². The van der Waals surface area contributed by atoms with Gasteiger partial charge in [-0.25, -0.2) is 0 Å². The second kappa shape index (κ2) is 21.8. The van der Waals surface area contributed by atoms with Gasteiger partial charge in [-0.3, -0.25) is 39.2 Å². The van der Waals surface area contributed by atoms with Gasteiger partial charge in [0, 0.05) is 96.4 Å². The number of unbranched alkanes of at least 4 members (excludes halogenated alkanes) is 2. The molecule has 5 aliphatic heterocycles. The SMILES string of the molecule is O=C(/C=C/c1cccnc1)NCCCCC1CCN(C(=O)c2ccc(N3CCC(N4CCN(CCCCOc5cccc6c5C(=O)N(C5CCC(=O)NC5=O)C6)CC4)CC3)nn2)CC1. The summed E-state index contributed by atoms with van der Waals surface area (Å²) >= 11 is 0. The zero-order valence-corrected chi connectivity index (χ0v) is 36.9. The number of ether oxygens (including phenoxy) is 1. The number of benzene rings is 1. The van der Waals surface area contributed by atoms with E-state index < -0.39 is 11.9 Å². The van der Waals surface area contributed by atoms with E-state index in [0.717, 1.165) is 134 Å². The van der Waals surface area contributed by atoms with Gasteiger partial charge >= 0.3 is 0 Å². The minimum absolute atomic E-state index is 0.0416. The Morgan fingerprint density at radius 1 is 0.844 bits per heavy atom. The summed E-state index contributed by atoms with van der Waals surface area (Å²) in [7, 11) is 0. The fourth-order valence-corrected chi connectivity index (χ4v) is 9.80. The molecular formula is C48H62N10O6. The lowest BCUT2D eigenvalue weighted by molar-refractivity contribution is -0.137. The number of amides is 5. The number of anilines is 1. The van der Waals surface area contributed by atoms with E-state index in [-0.39, 0.29) is 30.0 Å². The molecule has 5 amide bonds. The average molecular weight is 875 g/mol. The monoisotopic (exact) mass is 874 g/mol. The van der Waals surface area contributed by atoms with Crippen LogP contribution in [0.4, 0.5) is 5.82 Å². The van der Waals surface area contributed by atoms with Crippen molar-refractivity contribution in [3.05, 3.63) is 83.3 Å². The van der Waals surface area contributed by atoms with Gasteiger partial charge in [0.15, 0.2) is 11.5 Å². The van der Waals surface area contributed by atoms with Crippen LogP contribution in [-0.4, -0.2) is 148 Å². The second-order valence-corrected chi connectivity index (χ2v) is 17.8. The molecular weight excluding hydrogens is 813 g/mol. The molecule has 1 aromatic carbocycles. The van der Waals surface area contributed by atoms with Crippen LogP contribution in [0, 0.1) is 5.92 Å². The maximum atomic E-state index is 13.4. The summed E-state index contributed by atoms with van der Waals surface area (Å²) in [5.74, 6) is 0.944. The normalized spacial score (nSPS) is 20.5. The lowest BCUT2D eigenvalue weighted by Gasteiger charge is -2.43. The Balaban J connectivity index is 0.670. The number of aromatic nitrogens is 3. The molecule has 16 heteroatoms. The molecule has 4 fully saturated rings. The molecule has 64 heavy (non-hydrogen) atoms. The Morgan fingerprint density at radius 2 is 1.67 bits per heavy atom. The molecule has 7 heterocycles. The topological polar surface area (TPSA) is 174 Å². The number of hydrogen-bond acceptors (Lipinski definition) is 12. The summed E-state index contributed by atoms with van der Waals surface area (Å²) in [6, 6.07) is 13.1. The maximum Gasteiger partial charge on any atom is 0.274 e. The highest BCUT2D eigenvalue weighted by atomic mass is 16.5. The standard InChI is InChI=1S/C48H62N10O6/c59-43(15-11-36-8-6-21-49-33-36)50-22-2-1-7-35-17-24-57(25-18-35)47(62)39-12-14-42(53-52-39)56-26-19-38(20-27-56)55-30-28-54(29-31-55)23-3-4-32-64-41-10-5-9-37-34-58(48(63)45(37)41)40-13-16-44(60)51-46(40)61/h5-6,8-12,14-15,21,33,35,38,40H,1-4,7,13,16-20,22-32,34H2,(H,50,59)(H,51,60,61)/b15-11+. The second-order valence-electron chi connectivity index (χ2n) is 17.8. The fraction of sp³-hybridized carbons (Fsp3) is 0.542. The predicted molar refractivity (Wildman–Crippen MR) is 241 cm³/mol. The Labute approximate surface area is 375 Å². The number of pyridine rings is 1. The van der Waals surface area contributed by atoms with E-state index in [2.05, 4.69) is 40.5 Å². The quantitative estimate of drug-likeness (QED) is 0.114. The first-order valence-electron chi connectivity index (χ1n) is 23.4. The summed E-state index contributed by atoms with van der Waals surface area (Å²) in [6.07, 6.45) is 16.4. The van der Waals surface area contributed by atoms with E-state index in [1.165, 1.54) is 0 Å². The third-order valence-corrected chi connectivity index (χ3v) is 13.6. The molecule has 340 valence electrons. The van der Waals surface area contributed by atoms with E-state index in [1.807, 2.05) is 47.4 Å². The molecule has 0 radical (unpaired) electrons. The third-order valence-electron chi connectivity index (χ3n) is 13.6. The van der Waals surface area contributed by atoms with Crippen LogP contribution in [-0.2, 0) is 20.9 Å². The lowest BCUT2D eigenvalue weighted by Crippen LogP contribution is -2.53. The number of hydrogen-bond donors (Lipinski definition) is 2. The first kappa shape index (κ1) is 44.9. The number of imide groups is 1. The molecule has 2 aromatic heterocycles. The smallest absolute Gasteiger partial charge is 0.274 e. The number of carbonyl (C=O) groups excluding carboxylic acids is 5. The highest BCUT2D eigenvalue weighted by Crippen LogP contribution is 2.34. The van der Waals surface area contributed by atoms with Gasteiger partial charge in [0.25, 0.3) is 11.8 Å². The molecule has 8 rings (SSSR count). The van der Waals surface area contributed by atoms with Gasteiger partial charge in [-0.15, -0.1) is 10.2 Å². The van der Waals surface area contributed by atoms with Crippen LogP contribution in [0.15, 0.2) is 60.9 Å². The number of nitrogens with one attached hydrogen (secondary N) is 2. The minimum Gasteiger partial charge on any atom is -0.493 e. The van der Waals surface area contributed by atoms with Gasteiger partial charge in [-0.05, 0) is 105 Å². The molecule has 0 spiro atoms. The van der Waals surface area contributed by atoms with E-state index in [9.17, 15) is 24.0 Å². The summed E-state index contributed by atoms with van der Waals surface area (Å²) in [6.45, 7) is 10.0. The molecule has 0 saturated carbocycles. The van der Waals surface area contributed by atoms with Crippen molar-refractivity contribution in [2.45, 2.75) is 89.3 Å². The average Bonchev–Trinajstić information content (AvgIpc) is 3.67. The van der Waals surface area contributed by atoms with Crippen LogP contribution >= 0.6 is 0 Å². The molecule has 4 saturated heterocycles. The molecule has 1 atom stereocenters. The van der Waals surface area contributed by atoms with Crippen molar-refractivity contribution >= 4 is 41.4 Å². The van der Waals surface area contributed by atoms with Gasteiger partial charge in [0.05, 0.1) is 12.2 Å². The van der Waals surface area contributed by atoms with Crippen molar-refractivity contribution in [3.8, 4) is 5.75 Å². The van der Waals surface area contributed by atoms with Gasteiger partial charge < -0.3 is 29.7 Å². The zero-order chi connectivity index (χ0) is 44.3. The number of piperidine rings is 3. The van der Waals surface area contributed by atoms with E-state index in [0.29, 0.717) is 55.1 Å². The Kier molecular flexibility index (Phi) is 15.3. The van der Waals surface area contributed by atoms with Crippen molar-refractivity contribution in [2.24, 2.45) is 5.92 Å². The summed E-state index contributed by atoms with van der Waals surface area (Å²) in [5.41, 5.74) is 2.69. The van der Waals surface area contributed by atoms with E-state index in [1.54, 1.807) is 29.4 Å². The van der Waals surface area contributed by atoms with Crippen LogP contribution in [0.2, 0.25) is 0 Å². The molecule has 5 aliphatic rings. The summed E-state index contributed by atoms with van der Waals surface area (Å²) < 4.78 is 6.13. The van der Waals surface area contributed by atoms with Crippen LogP contribution < -0.4 is 20.3 Å². The number of nitrogens with zero attached hydrogens (tertiary/aromatic N) is 8. The number of piperazine rings is 1. The number of rotatable bonds is 17. The van der Waals surface area contributed by atoms with Crippen molar-refractivity contribution in [1.29, 1.82) is 0 Å². The van der Waals surface area contributed by atoms with Crippen molar-refractivity contribution in [2.75, 3.05) is 77.0 Å². The third kappa shape index (κ3) is 11.5. The lowest BCUT2D eigenvalue weighted by atomic mass is 9.91. The fourth-order valence-electron chi connectivity index (χ4n) is 9.80. The first-order chi connectivity index (χ1) is 31.3. The number of fused-ring (bicyclic) bond motifs is 1. The van der Waals surface area contributed by atoms with Crippen LogP contribution in [0.5, 0.6) is 5.75 Å². The first-order valence-corrected chi connectivity index (χ1v) is 23.4. The van der Waals surface area contributed by atoms with Crippen LogP contribution in [0.3, 0.4) is 0 Å². The van der Waals surface area contributed by atoms with Gasteiger partial charge in [-0.2, -0.15) is 0 Å². The van der Waals surface area contributed by atoms with Crippen molar-refractivity contribution < 1.29 is 28.7 Å². The van der Waals surface area contributed by atoms with E-state index >= 15 is 0 Å². The summed E-state index contributed by atoms with van der Waals surface area (Å²) in [4.78, 5) is 77.8. The van der Waals surface area contributed by atoms with Crippen LogP contribution in [0.1, 0.15) is 103 Å². The Bertz CT molecular complexity index is 2110. The van der Waals surface area contributed by atoms with Crippen molar-refractivity contribution in [3.63, 3.8) is 0 Å². The molecule has 3 aromatic rings. The molecule has 2 N–H and O–H groups in total. The van der Waals surface area contributed by atoms with E-state index in [4.69, 9.17) is 4.74 Å². The largest absolute Gasteiger partial charge is 0.493 e. The predicted octanol–water partition coefficient (Wildman–Crippen LogP) is 3.93. The molecule has 1 unspecified atom stereocenters. The highest BCUT2D eigenvalue weighted by Gasteiger charge is 2.40. The summed E-state index contributed by atoms with van der Waals surface area (Å²) in [5, 5.41) is 14.2. The van der Waals surface area contributed by atoms with Gasteiger partial charge in [0.1, 0.15) is 11.8 Å². The molecule has 16 nitrogen and oxygen atoms in total.